The Hall–Kier alpha value is -5.21. The van der Waals surface area contributed by atoms with Gasteiger partial charge in [0, 0.05) is 7.05 Å². The van der Waals surface area contributed by atoms with Crippen LogP contribution in [0.15, 0.2) is 60.7 Å². The summed E-state index contributed by atoms with van der Waals surface area (Å²) in [5.74, 6) is -1.25. The zero-order valence-corrected chi connectivity index (χ0v) is 20.5. The van der Waals surface area contributed by atoms with Crippen molar-refractivity contribution in [1.82, 2.24) is 34.5 Å². The minimum Gasteiger partial charge on any atom is -0.471 e. The standard InChI is InChI=1S/C14H12F3N5O.C10H11N5O/c1-22-10-9(19-12(22)14(15,16)17)11(21-13(18)20-10)23-7-8-5-3-2-4-6-8;11-8-13-9(12)15-10(14-8)16-6-7-4-2-1-3-5-7/h2-6H,7H2,1H3,(H2,18,20,21);1-5H,6H2,(H4,11,12,13,14,15). The summed E-state index contributed by atoms with van der Waals surface area (Å²) >= 11 is 0. The minimum absolute atomic E-state index is 0.0344. The molecule has 0 fully saturated rings. The lowest BCUT2D eigenvalue weighted by atomic mass is 10.2. The topological polar surface area (TPSA) is 179 Å². The van der Waals surface area contributed by atoms with Crippen molar-refractivity contribution < 1.29 is 22.6 Å². The average molecular weight is 541 g/mol. The Morgan fingerprint density at radius 1 is 0.692 bits per heavy atom. The lowest BCUT2D eigenvalue weighted by Crippen LogP contribution is -2.12. The second kappa shape index (κ2) is 11.5. The van der Waals surface area contributed by atoms with Crippen LogP contribution in [0.5, 0.6) is 11.9 Å². The molecule has 6 N–H and O–H groups in total. The number of benzene rings is 2. The molecule has 5 rings (SSSR count). The molecule has 0 aliphatic rings. The monoisotopic (exact) mass is 540 g/mol. The molecule has 0 atom stereocenters. The van der Waals surface area contributed by atoms with Crippen molar-refractivity contribution in [2.24, 2.45) is 7.05 Å². The number of hydrogen-bond donors (Lipinski definition) is 3. The maximum atomic E-state index is 13.0. The second-order valence-electron chi connectivity index (χ2n) is 7.93. The van der Waals surface area contributed by atoms with Gasteiger partial charge in [-0.1, -0.05) is 60.7 Å². The highest BCUT2D eigenvalue weighted by Crippen LogP contribution is 2.33. The number of anilines is 3. The van der Waals surface area contributed by atoms with Gasteiger partial charge in [0.15, 0.2) is 11.2 Å². The van der Waals surface area contributed by atoms with Gasteiger partial charge in [-0.3, -0.25) is 0 Å². The number of alkyl halides is 3. The highest BCUT2D eigenvalue weighted by molar-refractivity contribution is 5.78. The molecule has 0 saturated carbocycles. The predicted octanol–water partition coefficient (Wildman–Crippen LogP) is 3.16. The van der Waals surface area contributed by atoms with Gasteiger partial charge in [0.25, 0.3) is 0 Å². The number of nitrogens with two attached hydrogens (primary N) is 3. The third-order valence-corrected chi connectivity index (χ3v) is 5.04. The van der Waals surface area contributed by atoms with Crippen LogP contribution in [0.3, 0.4) is 0 Å². The maximum Gasteiger partial charge on any atom is 0.449 e. The van der Waals surface area contributed by atoms with Gasteiger partial charge in [-0.15, -0.1) is 0 Å². The zero-order chi connectivity index (χ0) is 28.0. The number of aromatic nitrogens is 7. The SMILES string of the molecule is Cn1c(C(F)(F)F)nc2c(OCc3ccccc3)nc(N)nc21.Nc1nc(N)nc(OCc2ccccc2)n1. The Balaban J connectivity index is 0.000000193. The number of rotatable bonds is 6. The van der Waals surface area contributed by atoms with Crippen molar-refractivity contribution in [1.29, 1.82) is 0 Å². The van der Waals surface area contributed by atoms with Crippen LogP contribution in [-0.4, -0.2) is 34.5 Å². The molecule has 0 spiro atoms. The summed E-state index contributed by atoms with van der Waals surface area (Å²) in [6.07, 6.45) is -4.61. The number of fused-ring (bicyclic) bond motifs is 1. The predicted molar refractivity (Wildman–Crippen MR) is 136 cm³/mol. The van der Waals surface area contributed by atoms with E-state index in [4.69, 9.17) is 26.7 Å². The van der Waals surface area contributed by atoms with Crippen molar-refractivity contribution in [2.45, 2.75) is 19.4 Å². The molecule has 39 heavy (non-hydrogen) atoms. The van der Waals surface area contributed by atoms with Crippen LogP contribution >= 0.6 is 0 Å². The highest BCUT2D eigenvalue weighted by atomic mass is 19.4. The molecule has 0 aliphatic carbocycles. The van der Waals surface area contributed by atoms with E-state index in [1.54, 1.807) is 0 Å². The van der Waals surface area contributed by atoms with Gasteiger partial charge in [-0.25, -0.2) is 4.98 Å². The van der Waals surface area contributed by atoms with E-state index in [0.717, 1.165) is 15.7 Å². The molecule has 0 amide bonds. The molecular weight excluding hydrogens is 517 g/mol. The summed E-state index contributed by atoms with van der Waals surface area (Å²) < 4.78 is 50.5. The van der Waals surface area contributed by atoms with Crippen LogP contribution in [0.2, 0.25) is 0 Å². The molecule has 0 saturated heterocycles. The lowest BCUT2D eigenvalue weighted by molar-refractivity contribution is -0.146. The molecule has 2 aromatic carbocycles. The van der Waals surface area contributed by atoms with Crippen LogP contribution < -0.4 is 26.7 Å². The third kappa shape index (κ3) is 6.97. The fourth-order valence-electron chi connectivity index (χ4n) is 3.31. The van der Waals surface area contributed by atoms with E-state index in [-0.39, 0.29) is 47.5 Å². The van der Waals surface area contributed by atoms with E-state index < -0.39 is 12.0 Å². The molecule has 15 heteroatoms. The number of imidazole rings is 1. The lowest BCUT2D eigenvalue weighted by Gasteiger charge is -2.06. The first kappa shape index (κ1) is 26.8. The van der Waals surface area contributed by atoms with Gasteiger partial charge >= 0.3 is 12.2 Å². The first-order chi connectivity index (χ1) is 18.6. The minimum atomic E-state index is -4.61. The van der Waals surface area contributed by atoms with Gasteiger partial charge in [-0.05, 0) is 11.1 Å². The first-order valence-electron chi connectivity index (χ1n) is 11.3. The van der Waals surface area contributed by atoms with Crippen molar-refractivity contribution in [2.75, 3.05) is 17.2 Å². The highest BCUT2D eigenvalue weighted by Gasteiger charge is 2.38. The quantitative estimate of drug-likeness (QED) is 0.288. The van der Waals surface area contributed by atoms with Gasteiger partial charge in [0.05, 0.1) is 0 Å². The zero-order valence-electron chi connectivity index (χ0n) is 20.5. The normalized spacial score (nSPS) is 11.1. The molecule has 0 unspecified atom stereocenters. The summed E-state index contributed by atoms with van der Waals surface area (Å²) in [6.45, 7) is 0.494. The molecule has 0 aliphatic heterocycles. The Bertz CT molecular complexity index is 1530. The van der Waals surface area contributed by atoms with Crippen LogP contribution in [-0.2, 0) is 26.4 Å². The number of nitrogen functional groups attached to an aromatic ring is 3. The van der Waals surface area contributed by atoms with Crippen molar-refractivity contribution in [3.05, 3.63) is 77.6 Å². The molecule has 0 radical (unpaired) electrons. The summed E-state index contributed by atoms with van der Waals surface area (Å²) in [6, 6.07) is 18.9. The van der Waals surface area contributed by atoms with Crippen LogP contribution in [0.4, 0.5) is 31.0 Å². The van der Waals surface area contributed by atoms with Gasteiger partial charge in [-0.2, -0.15) is 38.1 Å². The molecule has 202 valence electrons. The second-order valence-corrected chi connectivity index (χ2v) is 7.93. The maximum absolute atomic E-state index is 13.0. The summed E-state index contributed by atoms with van der Waals surface area (Å²) in [5, 5.41) is 0. The van der Waals surface area contributed by atoms with Crippen molar-refractivity contribution >= 4 is 29.0 Å². The molecular formula is C24H23F3N10O2. The summed E-state index contributed by atoms with van der Waals surface area (Å²) in [7, 11) is 1.21. The number of nitrogens with zero attached hydrogens (tertiary/aromatic N) is 7. The van der Waals surface area contributed by atoms with Crippen molar-refractivity contribution in [3.63, 3.8) is 0 Å². The smallest absolute Gasteiger partial charge is 0.449 e. The average Bonchev–Trinajstić information content (AvgIpc) is 3.24. The Labute approximate surface area is 219 Å². The van der Waals surface area contributed by atoms with Crippen molar-refractivity contribution in [3.8, 4) is 11.9 Å². The largest absolute Gasteiger partial charge is 0.471 e. The fraction of sp³-hybridized carbons (Fsp3) is 0.167. The number of ether oxygens (including phenoxy) is 2. The van der Waals surface area contributed by atoms with E-state index in [2.05, 4.69) is 29.9 Å². The number of hydrogen-bond acceptors (Lipinski definition) is 11. The Morgan fingerprint density at radius 3 is 1.74 bits per heavy atom. The van der Waals surface area contributed by atoms with Gasteiger partial charge < -0.3 is 31.2 Å². The molecule has 3 aromatic heterocycles. The molecule has 3 heterocycles. The van der Waals surface area contributed by atoms with E-state index in [1.165, 1.54) is 7.05 Å². The van der Waals surface area contributed by atoms with Crippen LogP contribution in [0, 0.1) is 0 Å². The first-order valence-corrected chi connectivity index (χ1v) is 11.3. The van der Waals surface area contributed by atoms with Crippen LogP contribution in [0.25, 0.3) is 11.2 Å². The Morgan fingerprint density at radius 2 is 1.21 bits per heavy atom. The Kier molecular flexibility index (Phi) is 7.88. The molecule has 12 nitrogen and oxygen atoms in total. The number of aryl methyl sites for hydroxylation is 1. The van der Waals surface area contributed by atoms with E-state index in [0.29, 0.717) is 6.61 Å². The van der Waals surface area contributed by atoms with E-state index in [1.807, 2.05) is 60.7 Å². The summed E-state index contributed by atoms with van der Waals surface area (Å²) in [4.78, 5) is 22.5. The van der Waals surface area contributed by atoms with E-state index in [9.17, 15) is 13.2 Å². The van der Waals surface area contributed by atoms with Crippen LogP contribution in [0.1, 0.15) is 17.0 Å². The third-order valence-electron chi connectivity index (χ3n) is 5.04. The fourth-order valence-corrected chi connectivity index (χ4v) is 3.31. The van der Waals surface area contributed by atoms with Gasteiger partial charge in [0.1, 0.15) is 13.2 Å². The van der Waals surface area contributed by atoms with Gasteiger partial charge in [0.2, 0.25) is 29.5 Å². The molecule has 5 aromatic rings. The molecule has 0 bridgehead atoms. The van der Waals surface area contributed by atoms with E-state index >= 15 is 0 Å². The number of halogens is 3. The summed E-state index contributed by atoms with van der Waals surface area (Å²) in [5.41, 5.74) is 18.1.